The van der Waals surface area contributed by atoms with E-state index in [0.717, 1.165) is 48.9 Å². The number of hydrogen-bond acceptors (Lipinski definition) is 4. The lowest BCUT2D eigenvalue weighted by molar-refractivity contribution is 0.194. The highest BCUT2D eigenvalue weighted by Crippen LogP contribution is 2.22. The highest BCUT2D eigenvalue weighted by atomic mass is 16.5. The second kappa shape index (κ2) is 9.88. The van der Waals surface area contributed by atoms with Gasteiger partial charge in [-0.15, -0.1) is 0 Å². The summed E-state index contributed by atoms with van der Waals surface area (Å²) in [5, 5.41) is 3.01. The third kappa shape index (κ3) is 5.31. The van der Waals surface area contributed by atoms with Gasteiger partial charge in [0, 0.05) is 44.5 Å². The Morgan fingerprint density at radius 3 is 2.46 bits per heavy atom. The number of benzene rings is 2. The van der Waals surface area contributed by atoms with Crippen molar-refractivity contribution in [2.24, 2.45) is 0 Å². The van der Waals surface area contributed by atoms with Crippen molar-refractivity contribution in [2.75, 3.05) is 44.8 Å². The topological polar surface area (TPSA) is 54.0 Å². The maximum Gasteiger partial charge on any atom is 0.317 e. The highest BCUT2D eigenvalue weighted by molar-refractivity contribution is 5.74. The normalized spacial score (nSPS) is 13.9. The quantitative estimate of drug-likeness (QED) is 0.795. The summed E-state index contributed by atoms with van der Waals surface area (Å²) in [5.74, 6) is 1.72. The molecule has 0 unspecified atom stereocenters. The van der Waals surface area contributed by atoms with E-state index in [1.54, 1.807) is 7.11 Å². The molecule has 2 aromatic rings. The van der Waals surface area contributed by atoms with Crippen molar-refractivity contribution in [2.45, 2.75) is 19.9 Å². The van der Waals surface area contributed by atoms with Crippen LogP contribution >= 0.6 is 0 Å². The number of nitrogens with zero attached hydrogens (tertiary/aromatic N) is 2. The number of carbonyl (C=O) groups excluding carboxylic acids is 1. The van der Waals surface area contributed by atoms with Gasteiger partial charge in [0.05, 0.1) is 13.7 Å². The van der Waals surface area contributed by atoms with Gasteiger partial charge in [-0.3, -0.25) is 0 Å². The molecule has 28 heavy (non-hydrogen) atoms. The van der Waals surface area contributed by atoms with E-state index in [4.69, 9.17) is 9.47 Å². The lowest BCUT2D eigenvalue weighted by Crippen LogP contribution is -2.51. The molecule has 0 atom stereocenters. The molecule has 6 heteroatoms. The molecule has 1 aliphatic rings. The van der Waals surface area contributed by atoms with Gasteiger partial charge < -0.3 is 24.6 Å². The molecule has 150 valence electrons. The van der Waals surface area contributed by atoms with Crippen molar-refractivity contribution in [1.82, 2.24) is 10.2 Å². The lowest BCUT2D eigenvalue weighted by atomic mass is 10.2. The fraction of sp³-hybridized carbons (Fsp3) is 0.409. The SMILES string of the molecule is CCCOc1ccc(CNC(=O)N2CCN(c3cccc(OC)c3)CC2)cc1. The number of amides is 2. The first-order valence-electron chi connectivity index (χ1n) is 9.83. The molecule has 1 heterocycles. The second-order valence-corrected chi connectivity index (χ2v) is 6.83. The van der Waals surface area contributed by atoms with Crippen LogP contribution in [0.25, 0.3) is 0 Å². The summed E-state index contributed by atoms with van der Waals surface area (Å²) in [6, 6.07) is 15.9. The van der Waals surface area contributed by atoms with E-state index in [1.165, 1.54) is 0 Å². The average molecular weight is 383 g/mol. The Morgan fingerprint density at radius 2 is 1.79 bits per heavy atom. The van der Waals surface area contributed by atoms with Gasteiger partial charge in [0.25, 0.3) is 0 Å². The number of urea groups is 1. The Kier molecular flexibility index (Phi) is 7.00. The van der Waals surface area contributed by atoms with E-state index < -0.39 is 0 Å². The van der Waals surface area contributed by atoms with Gasteiger partial charge >= 0.3 is 6.03 Å². The van der Waals surface area contributed by atoms with Crippen molar-refractivity contribution >= 4 is 11.7 Å². The molecule has 0 spiro atoms. The predicted octanol–water partition coefficient (Wildman–Crippen LogP) is 3.52. The summed E-state index contributed by atoms with van der Waals surface area (Å²) in [7, 11) is 1.67. The van der Waals surface area contributed by atoms with E-state index in [2.05, 4.69) is 23.2 Å². The number of piperazine rings is 1. The maximum absolute atomic E-state index is 12.5. The van der Waals surface area contributed by atoms with Crippen LogP contribution in [0.3, 0.4) is 0 Å². The smallest absolute Gasteiger partial charge is 0.317 e. The highest BCUT2D eigenvalue weighted by Gasteiger charge is 2.21. The van der Waals surface area contributed by atoms with E-state index in [1.807, 2.05) is 47.4 Å². The number of nitrogens with one attached hydrogen (secondary N) is 1. The minimum atomic E-state index is -0.0170. The first-order chi connectivity index (χ1) is 13.7. The number of ether oxygens (including phenoxy) is 2. The van der Waals surface area contributed by atoms with Crippen LogP contribution in [0.4, 0.5) is 10.5 Å². The fourth-order valence-corrected chi connectivity index (χ4v) is 3.19. The minimum absolute atomic E-state index is 0.0170. The summed E-state index contributed by atoms with van der Waals surface area (Å²) in [6.45, 7) is 6.34. The van der Waals surface area contributed by atoms with E-state index in [-0.39, 0.29) is 6.03 Å². The van der Waals surface area contributed by atoms with Crippen LogP contribution in [-0.4, -0.2) is 50.8 Å². The van der Waals surface area contributed by atoms with Gasteiger partial charge in [0.1, 0.15) is 11.5 Å². The molecule has 2 aromatic carbocycles. The molecule has 0 radical (unpaired) electrons. The van der Waals surface area contributed by atoms with Gasteiger partial charge in [0.2, 0.25) is 0 Å². The number of carbonyl (C=O) groups is 1. The summed E-state index contributed by atoms with van der Waals surface area (Å²) in [6.07, 6.45) is 0.989. The molecule has 0 aromatic heterocycles. The molecule has 1 saturated heterocycles. The number of methoxy groups -OCH3 is 1. The fourth-order valence-electron chi connectivity index (χ4n) is 3.19. The molecule has 3 rings (SSSR count). The van der Waals surface area contributed by atoms with Gasteiger partial charge in [-0.1, -0.05) is 25.1 Å². The minimum Gasteiger partial charge on any atom is -0.497 e. The first kappa shape index (κ1) is 19.9. The Balaban J connectivity index is 1.44. The summed E-state index contributed by atoms with van der Waals surface area (Å²) >= 11 is 0. The van der Waals surface area contributed by atoms with Crippen LogP contribution in [0, 0.1) is 0 Å². The molecule has 1 fully saturated rings. The van der Waals surface area contributed by atoms with E-state index in [9.17, 15) is 4.79 Å². The Labute approximate surface area is 167 Å². The summed E-state index contributed by atoms with van der Waals surface area (Å²) in [4.78, 5) is 16.6. The molecule has 6 nitrogen and oxygen atoms in total. The van der Waals surface area contributed by atoms with Crippen LogP contribution in [0.1, 0.15) is 18.9 Å². The monoisotopic (exact) mass is 383 g/mol. The summed E-state index contributed by atoms with van der Waals surface area (Å²) in [5.41, 5.74) is 2.19. The van der Waals surface area contributed by atoms with Crippen molar-refractivity contribution < 1.29 is 14.3 Å². The lowest BCUT2D eigenvalue weighted by Gasteiger charge is -2.36. The first-order valence-corrected chi connectivity index (χ1v) is 9.83. The molecule has 0 aliphatic carbocycles. The number of anilines is 1. The predicted molar refractivity (Wildman–Crippen MR) is 111 cm³/mol. The Bertz CT molecular complexity index is 756. The van der Waals surface area contributed by atoms with Gasteiger partial charge in [-0.05, 0) is 36.2 Å². The third-order valence-corrected chi connectivity index (χ3v) is 4.83. The molecule has 1 N–H and O–H groups in total. The van der Waals surface area contributed by atoms with E-state index >= 15 is 0 Å². The zero-order valence-corrected chi connectivity index (χ0v) is 16.7. The standard InChI is InChI=1S/C22H29N3O3/c1-3-15-28-20-9-7-18(8-10-20)17-23-22(26)25-13-11-24(12-14-25)19-5-4-6-21(16-19)27-2/h4-10,16H,3,11-15,17H2,1-2H3,(H,23,26). The van der Waals surface area contributed by atoms with Crippen LogP contribution in [0.5, 0.6) is 11.5 Å². The maximum atomic E-state index is 12.5. The molecular weight excluding hydrogens is 354 g/mol. The largest absolute Gasteiger partial charge is 0.497 e. The molecule has 0 saturated carbocycles. The second-order valence-electron chi connectivity index (χ2n) is 6.83. The number of rotatable bonds is 7. The Hall–Kier alpha value is -2.89. The zero-order valence-electron chi connectivity index (χ0n) is 16.7. The van der Waals surface area contributed by atoms with Crippen molar-refractivity contribution in [1.29, 1.82) is 0 Å². The third-order valence-electron chi connectivity index (χ3n) is 4.83. The van der Waals surface area contributed by atoms with Gasteiger partial charge in [-0.25, -0.2) is 4.79 Å². The summed E-state index contributed by atoms with van der Waals surface area (Å²) < 4.78 is 10.9. The van der Waals surface area contributed by atoms with Crippen LogP contribution in [-0.2, 0) is 6.54 Å². The van der Waals surface area contributed by atoms with Crippen molar-refractivity contribution in [3.8, 4) is 11.5 Å². The molecule has 0 bridgehead atoms. The number of hydrogen-bond donors (Lipinski definition) is 1. The van der Waals surface area contributed by atoms with Crippen molar-refractivity contribution in [3.63, 3.8) is 0 Å². The molecule has 2 amide bonds. The average Bonchev–Trinajstić information content (AvgIpc) is 2.77. The van der Waals surface area contributed by atoms with Crippen molar-refractivity contribution in [3.05, 3.63) is 54.1 Å². The molecular formula is C22H29N3O3. The zero-order chi connectivity index (χ0) is 19.8. The Morgan fingerprint density at radius 1 is 1.04 bits per heavy atom. The van der Waals surface area contributed by atoms with E-state index in [0.29, 0.717) is 19.6 Å². The molecule has 1 aliphatic heterocycles. The van der Waals surface area contributed by atoms with Crippen LogP contribution in [0.2, 0.25) is 0 Å². The van der Waals surface area contributed by atoms with Crippen LogP contribution < -0.4 is 19.7 Å². The van der Waals surface area contributed by atoms with Crippen LogP contribution in [0.15, 0.2) is 48.5 Å². The van der Waals surface area contributed by atoms with Gasteiger partial charge in [-0.2, -0.15) is 0 Å². The van der Waals surface area contributed by atoms with Gasteiger partial charge in [0.15, 0.2) is 0 Å².